The summed E-state index contributed by atoms with van der Waals surface area (Å²) in [7, 11) is 4.76. The Balaban J connectivity index is 0.00000576. The minimum atomic E-state index is 0. The van der Waals surface area contributed by atoms with Crippen molar-refractivity contribution in [1.29, 1.82) is 0 Å². The fourth-order valence-corrected chi connectivity index (χ4v) is 2.07. The lowest BCUT2D eigenvalue weighted by atomic mass is 10.2. The zero-order valence-corrected chi connectivity index (χ0v) is 17.9. The quantitative estimate of drug-likeness (QED) is 0.293. The smallest absolute Gasteiger partial charge is 0.203 e. The molecule has 0 aliphatic rings. The van der Waals surface area contributed by atoms with Gasteiger partial charge in [0.25, 0.3) is 0 Å². The summed E-state index contributed by atoms with van der Waals surface area (Å²) in [6.45, 7) is 5.98. The molecule has 3 N–H and O–H groups in total. The van der Waals surface area contributed by atoms with Crippen molar-refractivity contribution in [3.8, 4) is 17.2 Å². The third-order valence-electron chi connectivity index (χ3n) is 3.42. The van der Waals surface area contributed by atoms with Gasteiger partial charge in [-0.2, -0.15) is 0 Å². The predicted octanol–water partition coefficient (Wildman–Crippen LogP) is 2.01. The van der Waals surface area contributed by atoms with Crippen LogP contribution < -0.4 is 24.8 Å². The number of benzene rings is 1. The summed E-state index contributed by atoms with van der Waals surface area (Å²) in [5.41, 5.74) is 0.942. The summed E-state index contributed by atoms with van der Waals surface area (Å²) in [6, 6.07) is 3.76. The summed E-state index contributed by atoms with van der Waals surface area (Å²) in [5.74, 6) is 2.64. The lowest BCUT2D eigenvalue weighted by Gasteiger charge is -2.15. The van der Waals surface area contributed by atoms with E-state index in [1.54, 1.807) is 21.3 Å². The number of halogens is 1. The van der Waals surface area contributed by atoms with Gasteiger partial charge in [0.05, 0.1) is 27.9 Å². The molecule has 0 spiro atoms. The van der Waals surface area contributed by atoms with Gasteiger partial charge in [-0.15, -0.1) is 24.0 Å². The van der Waals surface area contributed by atoms with Gasteiger partial charge in [-0.25, -0.2) is 4.99 Å². The molecular weight excluding hydrogens is 437 g/mol. The molecule has 0 aliphatic carbocycles. The summed E-state index contributed by atoms with van der Waals surface area (Å²) < 4.78 is 16.0. The molecule has 0 bridgehead atoms. The monoisotopic (exact) mass is 467 g/mol. The highest BCUT2D eigenvalue weighted by Crippen LogP contribution is 2.38. The molecule has 0 saturated heterocycles. The van der Waals surface area contributed by atoms with Gasteiger partial charge in [0.15, 0.2) is 17.5 Å². The molecule has 7 nitrogen and oxygen atoms in total. The van der Waals surface area contributed by atoms with Crippen LogP contribution in [0.2, 0.25) is 0 Å². The minimum Gasteiger partial charge on any atom is -0.493 e. The highest BCUT2D eigenvalue weighted by Gasteiger charge is 2.13. The van der Waals surface area contributed by atoms with Gasteiger partial charge in [-0.05, 0) is 30.5 Å². The van der Waals surface area contributed by atoms with Crippen molar-refractivity contribution in [2.45, 2.75) is 20.4 Å². The van der Waals surface area contributed by atoms with Gasteiger partial charge >= 0.3 is 0 Å². The number of aliphatic imine (C=N–C) groups is 1. The topological polar surface area (TPSA) is 84.3 Å². The van der Waals surface area contributed by atoms with Gasteiger partial charge in [0, 0.05) is 19.7 Å². The molecule has 1 atom stereocenters. The first-order valence-electron chi connectivity index (χ1n) is 8.01. The second kappa shape index (κ2) is 12.9. The average Bonchev–Trinajstić information content (AvgIpc) is 2.62. The Morgan fingerprint density at radius 2 is 1.72 bits per heavy atom. The number of ether oxygens (including phenoxy) is 3. The number of nitrogens with one attached hydrogen (secondary N) is 2. The zero-order chi connectivity index (χ0) is 17.9. The van der Waals surface area contributed by atoms with Crippen molar-refractivity contribution in [2.75, 3.05) is 41.0 Å². The Bertz CT molecular complexity index is 516. The van der Waals surface area contributed by atoms with E-state index in [0.29, 0.717) is 36.3 Å². The van der Waals surface area contributed by atoms with Crippen LogP contribution in [0.3, 0.4) is 0 Å². The lowest BCUT2D eigenvalue weighted by Crippen LogP contribution is -2.39. The fraction of sp³-hybridized carbons (Fsp3) is 0.588. The zero-order valence-electron chi connectivity index (χ0n) is 15.6. The summed E-state index contributed by atoms with van der Waals surface area (Å²) >= 11 is 0. The van der Waals surface area contributed by atoms with E-state index < -0.39 is 0 Å². The van der Waals surface area contributed by atoms with E-state index in [1.807, 2.05) is 26.0 Å². The molecule has 0 aromatic heterocycles. The Labute approximate surface area is 167 Å². The van der Waals surface area contributed by atoms with Crippen LogP contribution in [0.4, 0.5) is 0 Å². The van der Waals surface area contributed by atoms with Gasteiger partial charge < -0.3 is 30.0 Å². The maximum atomic E-state index is 9.11. The van der Waals surface area contributed by atoms with E-state index in [-0.39, 0.29) is 36.5 Å². The minimum absolute atomic E-state index is 0. The Hall–Kier alpha value is -1.42. The van der Waals surface area contributed by atoms with Crippen LogP contribution in [0.25, 0.3) is 0 Å². The number of nitrogens with zero attached hydrogens (tertiary/aromatic N) is 1. The molecule has 0 amide bonds. The molecule has 144 valence electrons. The first kappa shape index (κ1) is 23.6. The number of guanidine groups is 1. The predicted molar refractivity (Wildman–Crippen MR) is 111 cm³/mol. The van der Waals surface area contributed by atoms with Gasteiger partial charge in [0.2, 0.25) is 5.75 Å². The molecule has 0 radical (unpaired) electrons. The third-order valence-corrected chi connectivity index (χ3v) is 3.42. The summed E-state index contributed by atoms with van der Waals surface area (Å²) in [6.07, 6.45) is 0. The van der Waals surface area contributed by atoms with Crippen LogP contribution in [-0.2, 0) is 6.54 Å². The molecule has 0 heterocycles. The second-order valence-electron chi connectivity index (χ2n) is 5.40. The van der Waals surface area contributed by atoms with E-state index in [0.717, 1.165) is 12.1 Å². The highest BCUT2D eigenvalue weighted by molar-refractivity contribution is 14.0. The molecule has 25 heavy (non-hydrogen) atoms. The molecule has 1 unspecified atom stereocenters. The van der Waals surface area contributed by atoms with Crippen molar-refractivity contribution < 1.29 is 19.3 Å². The Kier molecular flexibility index (Phi) is 12.1. The van der Waals surface area contributed by atoms with E-state index >= 15 is 0 Å². The second-order valence-corrected chi connectivity index (χ2v) is 5.40. The third kappa shape index (κ3) is 7.55. The molecule has 8 heteroatoms. The maximum Gasteiger partial charge on any atom is 0.203 e. The molecule has 1 aromatic carbocycles. The first-order valence-corrected chi connectivity index (χ1v) is 8.01. The van der Waals surface area contributed by atoms with E-state index in [9.17, 15) is 0 Å². The lowest BCUT2D eigenvalue weighted by molar-refractivity contribution is 0.238. The number of methoxy groups -OCH3 is 3. The first-order chi connectivity index (χ1) is 11.6. The maximum absolute atomic E-state index is 9.11. The highest BCUT2D eigenvalue weighted by atomic mass is 127. The van der Waals surface area contributed by atoms with Crippen molar-refractivity contribution in [2.24, 2.45) is 10.9 Å². The van der Waals surface area contributed by atoms with Crippen LogP contribution in [0, 0.1) is 5.92 Å². The molecule has 0 saturated carbocycles. The number of rotatable bonds is 9. The van der Waals surface area contributed by atoms with Gasteiger partial charge in [0.1, 0.15) is 0 Å². The number of hydrogen-bond acceptors (Lipinski definition) is 5. The van der Waals surface area contributed by atoms with Crippen molar-refractivity contribution in [1.82, 2.24) is 10.6 Å². The van der Waals surface area contributed by atoms with Gasteiger partial charge in [-0.3, -0.25) is 0 Å². The van der Waals surface area contributed by atoms with E-state index in [2.05, 4.69) is 15.6 Å². The van der Waals surface area contributed by atoms with Crippen LogP contribution in [0.1, 0.15) is 19.4 Å². The molecular formula is C17H30IN3O4. The average molecular weight is 467 g/mol. The van der Waals surface area contributed by atoms with Crippen LogP contribution in [0.15, 0.2) is 17.1 Å². The Morgan fingerprint density at radius 1 is 1.12 bits per heavy atom. The Morgan fingerprint density at radius 3 is 2.16 bits per heavy atom. The van der Waals surface area contributed by atoms with E-state index in [4.69, 9.17) is 19.3 Å². The number of aliphatic hydroxyl groups is 1. The van der Waals surface area contributed by atoms with Crippen LogP contribution in [-0.4, -0.2) is 52.1 Å². The van der Waals surface area contributed by atoms with Crippen molar-refractivity contribution in [3.63, 3.8) is 0 Å². The van der Waals surface area contributed by atoms with Gasteiger partial charge in [-0.1, -0.05) is 6.92 Å². The summed E-state index contributed by atoms with van der Waals surface area (Å²) in [4.78, 5) is 4.56. The SMILES string of the molecule is CCNC(=NCc1cc(OC)c(OC)c(OC)c1)NCC(C)CO.I. The summed E-state index contributed by atoms with van der Waals surface area (Å²) in [5, 5.41) is 15.5. The van der Waals surface area contributed by atoms with Crippen LogP contribution in [0.5, 0.6) is 17.2 Å². The van der Waals surface area contributed by atoms with E-state index in [1.165, 1.54) is 0 Å². The standard InChI is InChI=1S/C17H29N3O4.HI/c1-6-18-17(19-9-12(2)11-21)20-10-13-7-14(22-3)16(24-5)15(8-13)23-4;/h7-8,12,21H,6,9-11H2,1-5H3,(H2,18,19,20);1H. The van der Waals surface area contributed by atoms with Crippen molar-refractivity contribution in [3.05, 3.63) is 17.7 Å². The fourth-order valence-electron chi connectivity index (χ4n) is 2.07. The van der Waals surface area contributed by atoms with Crippen LogP contribution >= 0.6 is 24.0 Å². The largest absolute Gasteiger partial charge is 0.493 e. The molecule has 0 aliphatic heterocycles. The normalized spacial score (nSPS) is 12.0. The number of aliphatic hydroxyl groups excluding tert-OH is 1. The molecule has 1 aromatic rings. The number of hydrogen-bond donors (Lipinski definition) is 3. The molecule has 1 rings (SSSR count). The van der Waals surface area contributed by atoms with Crippen molar-refractivity contribution >= 4 is 29.9 Å². The molecule has 0 fully saturated rings.